The fraction of sp³-hybridized carbons (Fsp3) is 0.0952. The lowest BCUT2D eigenvalue weighted by Gasteiger charge is -2.14. The quantitative estimate of drug-likeness (QED) is 0.317. The minimum Gasteiger partial charge on any atom is -0.497 e. The van der Waals surface area contributed by atoms with E-state index >= 15 is 0 Å². The van der Waals surface area contributed by atoms with Crippen molar-refractivity contribution >= 4 is 5.78 Å². The molecule has 0 radical (unpaired) electrons. The molecule has 0 saturated heterocycles. The number of ether oxygens (including phenoxy) is 3. The van der Waals surface area contributed by atoms with Gasteiger partial charge in [-0.25, -0.2) is 8.78 Å². The molecule has 0 spiro atoms. The van der Waals surface area contributed by atoms with E-state index in [1.54, 1.807) is 6.07 Å². The molecule has 4 nitrogen and oxygen atoms in total. The molecule has 0 aliphatic rings. The summed E-state index contributed by atoms with van der Waals surface area (Å²) in [5.41, 5.74) is -1.70. The smallest absolute Gasteiger partial charge is 0.205 e. The summed E-state index contributed by atoms with van der Waals surface area (Å²) in [6, 6.07) is 11.1. The topological polar surface area (TPSA) is 44.8 Å². The third-order valence-corrected chi connectivity index (χ3v) is 4.07. The highest BCUT2D eigenvalue weighted by Gasteiger charge is 2.32. The van der Waals surface area contributed by atoms with E-state index in [2.05, 4.69) is 0 Å². The van der Waals surface area contributed by atoms with Crippen molar-refractivity contribution in [2.24, 2.45) is 0 Å². The molecule has 0 aliphatic heterocycles. The zero-order chi connectivity index (χ0) is 21.1. The van der Waals surface area contributed by atoms with Gasteiger partial charge in [0, 0.05) is 6.07 Å². The summed E-state index contributed by atoms with van der Waals surface area (Å²) >= 11 is 0. The molecule has 0 amide bonds. The van der Waals surface area contributed by atoms with Crippen LogP contribution < -0.4 is 14.2 Å². The molecule has 0 saturated carbocycles. The SMILES string of the molecule is COc1ccc(C(=O)c2c(F)c(F)c(Oc3ccccc3)c(F)c2F)c(OC)c1. The van der Waals surface area contributed by atoms with Crippen molar-refractivity contribution in [3.8, 4) is 23.0 Å². The van der Waals surface area contributed by atoms with Crippen LogP contribution in [0.2, 0.25) is 0 Å². The molecule has 0 unspecified atom stereocenters. The Kier molecular flexibility index (Phi) is 5.72. The molecule has 3 aromatic carbocycles. The Morgan fingerprint density at radius 1 is 0.759 bits per heavy atom. The lowest BCUT2D eigenvalue weighted by atomic mass is 10.00. The van der Waals surface area contributed by atoms with Crippen molar-refractivity contribution in [1.29, 1.82) is 0 Å². The van der Waals surface area contributed by atoms with Crippen LogP contribution in [0.4, 0.5) is 17.6 Å². The van der Waals surface area contributed by atoms with Gasteiger partial charge in [-0.2, -0.15) is 8.78 Å². The largest absolute Gasteiger partial charge is 0.497 e. The summed E-state index contributed by atoms with van der Waals surface area (Å²) in [6.07, 6.45) is 0. The molecule has 0 bridgehead atoms. The Labute approximate surface area is 163 Å². The van der Waals surface area contributed by atoms with Crippen LogP contribution in [0.25, 0.3) is 0 Å². The third kappa shape index (κ3) is 3.73. The number of hydrogen-bond donors (Lipinski definition) is 0. The van der Waals surface area contributed by atoms with Gasteiger partial charge in [-0.1, -0.05) is 18.2 Å². The second-order valence-corrected chi connectivity index (χ2v) is 5.77. The zero-order valence-corrected chi connectivity index (χ0v) is 15.3. The van der Waals surface area contributed by atoms with Gasteiger partial charge in [0.15, 0.2) is 11.6 Å². The van der Waals surface area contributed by atoms with Crippen molar-refractivity contribution in [3.05, 3.63) is 82.9 Å². The number of carbonyl (C=O) groups is 1. The van der Waals surface area contributed by atoms with Crippen LogP contribution in [-0.2, 0) is 0 Å². The molecule has 0 fully saturated rings. The second kappa shape index (κ2) is 8.22. The molecular weight excluding hydrogens is 392 g/mol. The normalized spacial score (nSPS) is 10.6. The number of para-hydroxylation sites is 1. The van der Waals surface area contributed by atoms with E-state index in [1.165, 1.54) is 56.7 Å². The summed E-state index contributed by atoms with van der Waals surface area (Å²) < 4.78 is 73.0. The molecular formula is C21H14F4O4. The number of benzene rings is 3. The van der Waals surface area contributed by atoms with Crippen molar-refractivity contribution in [1.82, 2.24) is 0 Å². The first-order valence-corrected chi connectivity index (χ1v) is 8.24. The van der Waals surface area contributed by atoms with Gasteiger partial charge in [0.25, 0.3) is 0 Å². The standard InChI is InChI=1S/C21H14F4O4/c1-27-12-8-9-13(14(10-12)28-2)20(26)15-16(22)18(24)21(19(25)17(15)23)29-11-6-4-3-5-7-11/h3-10H,1-2H3. The maximum Gasteiger partial charge on any atom is 0.205 e. The second-order valence-electron chi connectivity index (χ2n) is 5.77. The summed E-state index contributed by atoms with van der Waals surface area (Å²) in [4.78, 5) is 12.7. The molecule has 29 heavy (non-hydrogen) atoms. The Balaban J connectivity index is 2.11. The number of methoxy groups -OCH3 is 2. The number of hydrogen-bond acceptors (Lipinski definition) is 4. The maximum atomic E-state index is 14.6. The maximum absolute atomic E-state index is 14.6. The van der Waals surface area contributed by atoms with E-state index in [1.807, 2.05) is 0 Å². The van der Waals surface area contributed by atoms with E-state index in [9.17, 15) is 22.4 Å². The van der Waals surface area contributed by atoms with Gasteiger partial charge in [-0.15, -0.1) is 0 Å². The Bertz CT molecular complexity index is 1040. The van der Waals surface area contributed by atoms with Crippen molar-refractivity contribution < 1.29 is 36.6 Å². The van der Waals surface area contributed by atoms with E-state index in [4.69, 9.17) is 14.2 Å². The van der Waals surface area contributed by atoms with Crippen molar-refractivity contribution in [2.45, 2.75) is 0 Å². The Hall–Kier alpha value is -3.55. The summed E-state index contributed by atoms with van der Waals surface area (Å²) in [7, 11) is 2.59. The van der Waals surface area contributed by atoms with Gasteiger partial charge in [-0.05, 0) is 24.3 Å². The number of rotatable bonds is 6. The molecule has 150 valence electrons. The van der Waals surface area contributed by atoms with Crippen LogP contribution >= 0.6 is 0 Å². The Morgan fingerprint density at radius 3 is 1.93 bits per heavy atom. The zero-order valence-electron chi connectivity index (χ0n) is 15.3. The monoisotopic (exact) mass is 406 g/mol. The molecule has 0 heterocycles. The van der Waals surface area contributed by atoms with Gasteiger partial charge in [0.05, 0.1) is 19.8 Å². The van der Waals surface area contributed by atoms with E-state index in [-0.39, 0.29) is 17.1 Å². The van der Waals surface area contributed by atoms with Crippen LogP contribution in [0, 0.1) is 23.3 Å². The van der Waals surface area contributed by atoms with Gasteiger partial charge >= 0.3 is 0 Å². The first-order valence-electron chi connectivity index (χ1n) is 8.24. The van der Waals surface area contributed by atoms with E-state index in [0.29, 0.717) is 5.75 Å². The van der Waals surface area contributed by atoms with Crippen LogP contribution in [0.15, 0.2) is 48.5 Å². The number of ketones is 1. The lowest BCUT2D eigenvalue weighted by Crippen LogP contribution is -2.14. The lowest BCUT2D eigenvalue weighted by molar-refractivity contribution is 0.102. The van der Waals surface area contributed by atoms with Crippen LogP contribution in [0.3, 0.4) is 0 Å². The highest BCUT2D eigenvalue weighted by molar-refractivity contribution is 6.11. The van der Waals surface area contributed by atoms with Crippen LogP contribution in [0.5, 0.6) is 23.0 Å². The Morgan fingerprint density at radius 2 is 1.38 bits per heavy atom. The highest BCUT2D eigenvalue weighted by Crippen LogP contribution is 2.35. The van der Waals surface area contributed by atoms with Gasteiger partial charge in [0.2, 0.25) is 23.2 Å². The predicted octanol–water partition coefficient (Wildman–Crippen LogP) is 5.28. The molecule has 0 atom stereocenters. The fourth-order valence-corrected chi connectivity index (χ4v) is 2.63. The average molecular weight is 406 g/mol. The average Bonchev–Trinajstić information content (AvgIpc) is 2.75. The number of carbonyl (C=O) groups excluding carboxylic acids is 1. The minimum atomic E-state index is -1.88. The van der Waals surface area contributed by atoms with Gasteiger partial charge in [-0.3, -0.25) is 4.79 Å². The number of halogens is 4. The van der Waals surface area contributed by atoms with E-state index < -0.39 is 40.4 Å². The first-order chi connectivity index (χ1) is 13.9. The van der Waals surface area contributed by atoms with Gasteiger partial charge < -0.3 is 14.2 Å². The van der Waals surface area contributed by atoms with Crippen molar-refractivity contribution in [3.63, 3.8) is 0 Å². The molecule has 3 aromatic rings. The summed E-state index contributed by atoms with van der Waals surface area (Å²) in [5, 5.41) is 0. The fourth-order valence-electron chi connectivity index (χ4n) is 2.63. The molecule has 0 aliphatic carbocycles. The molecule has 3 rings (SSSR count). The predicted molar refractivity (Wildman–Crippen MR) is 95.8 cm³/mol. The molecule has 0 N–H and O–H groups in total. The van der Waals surface area contributed by atoms with Crippen LogP contribution in [0.1, 0.15) is 15.9 Å². The van der Waals surface area contributed by atoms with Crippen LogP contribution in [-0.4, -0.2) is 20.0 Å². The summed E-state index contributed by atoms with van der Waals surface area (Å²) in [5.74, 6) is -9.82. The van der Waals surface area contributed by atoms with E-state index in [0.717, 1.165) is 0 Å². The minimum absolute atomic E-state index is 0.0417. The highest BCUT2D eigenvalue weighted by atomic mass is 19.2. The third-order valence-electron chi connectivity index (χ3n) is 4.07. The summed E-state index contributed by atoms with van der Waals surface area (Å²) in [6.45, 7) is 0. The first kappa shape index (κ1) is 20.2. The molecule has 0 aromatic heterocycles. The van der Waals surface area contributed by atoms with Gasteiger partial charge in [0.1, 0.15) is 22.8 Å². The van der Waals surface area contributed by atoms with Crippen molar-refractivity contribution in [2.75, 3.05) is 14.2 Å². The molecule has 8 heteroatoms.